The Bertz CT molecular complexity index is 529. The second-order valence-electron chi connectivity index (χ2n) is 4.42. The van der Waals surface area contributed by atoms with Crippen molar-refractivity contribution < 1.29 is 4.79 Å². The fraction of sp³-hybridized carbons (Fsp3) is 0.357. The molecule has 0 unspecified atom stereocenters. The average Bonchev–Trinajstić information content (AvgIpc) is 2.33. The molecule has 4 nitrogen and oxygen atoms in total. The lowest BCUT2D eigenvalue weighted by atomic mass is 9.93. The summed E-state index contributed by atoms with van der Waals surface area (Å²) in [6, 6.07) is 5.25. The molecule has 0 aromatic heterocycles. The van der Waals surface area contributed by atoms with Crippen molar-refractivity contribution in [2.24, 2.45) is 5.73 Å². The third-order valence-electron chi connectivity index (χ3n) is 3.00. The van der Waals surface area contributed by atoms with Crippen molar-refractivity contribution in [3.8, 4) is 11.8 Å². The number of hydrogen-bond donors (Lipinski definition) is 3. The fourth-order valence-electron chi connectivity index (χ4n) is 1.77. The van der Waals surface area contributed by atoms with Crippen LogP contribution in [0.5, 0.6) is 0 Å². The minimum Gasteiger partial charge on any atom is -0.335 e. The number of nitrogens with two attached hydrogens (primary N) is 1. The molecule has 19 heavy (non-hydrogen) atoms. The Balaban J connectivity index is 2.08. The van der Waals surface area contributed by atoms with Crippen molar-refractivity contribution in [2.45, 2.75) is 25.3 Å². The Morgan fingerprint density at radius 1 is 1.47 bits per heavy atom. The van der Waals surface area contributed by atoms with E-state index < -0.39 is 0 Å². The van der Waals surface area contributed by atoms with Crippen LogP contribution in [0.15, 0.2) is 18.2 Å². The average molecular weight is 278 g/mol. The molecule has 5 heteroatoms. The molecule has 2 rings (SSSR count). The van der Waals surface area contributed by atoms with Crippen LogP contribution in [0.3, 0.4) is 0 Å². The zero-order valence-electron chi connectivity index (χ0n) is 10.5. The largest absolute Gasteiger partial charge is 0.335 e. The molecule has 0 atom stereocenters. The van der Waals surface area contributed by atoms with Gasteiger partial charge in [-0.1, -0.05) is 23.4 Å². The molecule has 1 aliphatic rings. The van der Waals surface area contributed by atoms with Crippen molar-refractivity contribution in [2.75, 3.05) is 11.9 Å². The van der Waals surface area contributed by atoms with Crippen LogP contribution in [0.1, 0.15) is 24.8 Å². The SMILES string of the molecule is NCC#Cc1ccc(Cl)cc1NC(=O)NC1CCC1. The molecule has 4 N–H and O–H groups in total. The summed E-state index contributed by atoms with van der Waals surface area (Å²) in [5.74, 6) is 5.67. The zero-order valence-corrected chi connectivity index (χ0v) is 11.3. The molecule has 1 aromatic rings. The second kappa shape index (κ2) is 6.46. The van der Waals surface area contributed by atoms with Crippen molar-refractivity contribution >= 4 is 23.3 Å². The van der Waals surface area contributed by atoms with Crippen LogP contribution >= 0.6 is 11.6 Å². The number of nitrogens with one attached hydrogen (secondary N) is 2. The highest BCUT2D eigenvalue weighted by atomic mass is 35.5. The number of carbonyl (C=O) groups is 1. The highest BCUT2D eigenvalue weighted by Crippen LogP contribution is 2.21. The highest BCUT2D eigenvalue weighted by Gasteiger charge is 2.19. The summed E-state index contributed by atoms with van der Waals surface area (Å²) >= 11 is 5.93. The normalized spacial score (nSPS) is 14.0. The summed E-state index contributed by atoms with van der Waals surface area (Å²) < 4.78 is 0. The molecular formula is C14H16ClN3O. The van der Waals surface area contributed by atoms with Gasteiger partial charge in [0.25, 0.3) is 0 Å². The van der Waals surface area contributed by atoms with Crippen LogP contribution in [0, 0.1) is 11.8 Å². The number of amides is 2. The van der Waals surface area contributed by atoms with Gasteiger partial charge in [0.1, 0.15) is 0 Å². The van der Waals surface area contributed by atoms with Crippen molar-refractivity contribution in [3.05, 3.63) is 28.8 Å². The van der Waals surface area contributed by atoms with Gasteiger partial charge in [0.05, 0.1) is 12.2 Å². The first kappa shape index (κ1) is 13.7. The first-order chi connectivity index (χ1) is 9.19. The molecule has 0 bridgehead atoms. The summed E-state index contributed by atoms with van der Waals surface area (Å²) in [6.07, 6.45) is 3.26. The Morgan fingerprint density at radius 2 is 2.26 bits per heavy atom. The van der Waals surface area contributed by atoms with E-state index in [4.69, 9.17) is 17.3 Å². The van der Waals surface area contributed by atoms with E-state index in [-0.39, 0.29) is 18.6 Å². The van der Waals surface area contributed by atoms with E-state index in [2.05, 4.69) is 22.5 Å². The lowest BCUT2D eigenvalue weighted by Crippen LogP contribution is -2.41. The van der Waals surface area contributed by atoms with Crippen LogP contribution in [-0.2, 0) is 0 Å². The summed E-state index contributed by atoms with van der Waals surface area (Å²) in [5, 5.41) is 6.24. The van der Waals surface area contributed by atoms with E-state index in [0.29, 0.717) is 16.3 Å². The van der Waals surface area contributed by atoms with Gasteiger partial charge in [0, 0.05) is 16.6 Å². The Hall–Kier alpha value is -1.70. The lowest BCUT2D eigenvalue weighted by Gasteiger charge is -2.26. The predicted molar refractivity (Wildman–Crippen MR) is 77.2 cm³/mol. The van der Waals surface area contributed by atoms with Gasteiger partial charge < -0.3 is 16.4 Å². The number of benzene rings is 1. The minimum absolute atomic E-state index is 0.220. The first-order valence-corrected chi connectivity index (χ1v) is 6.63. The minimum atomic E-state index is -0.220. The summed E-state index contributed by atoms with van der Waals surface area (Å²) in [6.45, 7) is 0.274. The third kappa shape index (κ3) is 3.88. The van der Waals surface area contributed by atoms with E-state index >= 15 is 0 Å². The second-order valence-corrected chi connectivity index (χ2v) is 4.86. The highest BCUT2D eigenvalue weighted by molar-refractivity contribution is 6.31. The summed E-state index contributed by atoms with van der Waals surface area (Å²) in [4.78, 5) is 11.8. The summed E-state index contributed by atoms with van der Waals surface area (Å²) in [7, 11) is 0. The quantitative estimate of drug-likeness (QED) is 0.726. The molecule has 1 saturated carbocycles. The topological polar surface area (TPSA) is 67.1 Å². The predicted octanol–water partition coefficient (Wildman–Crippen LogP) is 2.32. The first-order valence-electron chi connectivity index (χ1n) is 6.25. The third-order valence-corrected chi connectivity index (χ3v) is 3.23. The monoisotopic (exact) mass is 277 g/mol. The molecule has 0 spiro atoms. The van der Waals surface area contributed by atoms with Gasteiger partial charge >= 0.3 is 6.03 Å². The maximum absolute atomic E-state index is 11.8. The van der Waals surface area contributed by atoms with Gasteiger partial charge in [0.15, 0.2) is 0 Å². The maximum Gasteiger partial charge on any atom is 0.319 e. The number of halogens is 1. The van der Waals surface area contributed by atoms with Crippen LogP contribution < -0.4 is 16.4 Å². The van der Waals surface area contributed by atoms with Crippen LogP contribution in [0.4, 0.5) is 10.5 Å². The van der Waals surface area contributed by atoms with Crippen LogP contribution in [0.2, 0.25) is 5.02 Å². The Kier molecular flexibility index (Phi) is 4.67. The van der Waals surface area contributed by atoms with Crippen molar-refractivity contribution in [1.82, 2.24) is 5.32 Å². The van der Waals surface area contributed by atoms with E-state index in [0.717, 1.165) is 12.8 Å². The standard InChI is InChI=1S/C14H16ClN3O/c15-11-7-6-10(3-2-8-16)13(9-11)18-14(19)17-12-4-1-5-12/h6-7,9,12H,1,4-5,8,16H2,(H2,17,18,19). The van der Waals surface area contributed by atoms with Crippen molar-refractivity contribution in [3.63, 3.8) is 0 Å². The molecule has 0 saturated heterocycles. The number of urea groups is 1. The maximum atomic E-state index is 11.8. The van der Waals surface area contributed by atoms with Crippen LogP contribution in [-0.4, -0.2) is 18.6 Å². The van der Waals surface area contributed by atoms with Crippen molar-refractivity contribution in [1.29, 1.82) is 0 Å². The van der Waals surface area contributed by atoms with Gasteiger partial charge in [-0.3, -0.25) is 0 Å². The smallest absolute Gasteiger partial charge is 0.319 e. The molecule has 1 aliphatic carbocycles. The van der Waals surface area contributed by atoms with Gasteiger partial charge in [-0.2, -0.15) is 0 Å². The summed E-state index contributed by atoms with van der Waals surface area (Å²) in [5.41, 5.74) is 6.66. The molecule has 0 heterocycles. The number of anilines is 1. The Labute approximate surface area is 117 Å². The Morgan fingerprint density at radius 3 is 2.89 bits per heavy atom. The molecule has 1 aromatic carbocycles. The lowest BCUT2D eigenvalue weighted by molar-refractivity contribution is 0.240. The number of carbonyl (C=O) groups excluding carboxylic acids is 1. The van der Waals surface area contributed by atoms with Crippen LogP contribution in [0.25, 0.3) is 0 Å². The zero-order chi connectivity index (χ0) is 13.7. The van der Waals surface area contributed by atoms with E-state index in [1.165, 1.54) is 6.42 Å². The molecule has 0 aliphatic heterocycles. The van der Waals surface area contributed by atoms with E-state index in [1.54, 1.807) is 18.2 Å². The molecule has 2 amide bonds. The molecular weight excluding hydrogens is 262 g/mol. The number of hydrogen-bond acceptors (Lipinski definition) is 2. The van der Waals surface area contributed by atoms with Gasteiger partial charge in [0.2, 0.25) is 0 Å². The van der Waals surface area contributed by atoms with E-state index in [1.807, 2.05) is 0 Å². The molecule has 1 fully saturated rings. The number of rotatable bonds is 2. The molecule has 100 valence electrons. The van der Waals surface area contributed by atoms with Gasteiger partial charge in [-0.05, 0) is 37.5 Å². The fourth-order valence-corrected chi connectivity index (χ4v) is 1.94. The van der Waals surface area contributed by atoms with Gasteiger partial charge in [-0.15, -0.1) is 0 Å². The molecule has 0 radical (unpaired) electrons. The van der Waals surface area contributed by atoms with Gasteiger partial charge in [-0.25, -0.2) is 4.79 Å². The van der Waals surface area contributed by atoms with E-state index in [9.17, 15) is 4.79 Å².